The molecule has 0 aromatic heterocycles. The monoisotopic (exact) mass is 247 g/mol. The van der Waals surface area contributed by atoms with Gasteiger partial charge in [0.1, 0.15) is 5.82 Å². The molecule has 0 fully saturated rings. The van der Waals surface area contributed by atoms with Crippen LogP contribution in [0.25, 0.3) is 0 Å². The number of hydrogen-bond acceptors (Lipinski definition) is 2. The molecule has 1 nitrogen and oxygen atoms in total. The van der Waals surface area contributed by atoms with E-state index >= 15 is 0 Å². The first kappa shape index (κ1) is 12.0. The van der Waals surface area contributed by atoms with E-state index in [-0.39, 0.29) is 11.1 Å². The zero-order chi connectivity index (χ0) is 12.3. The Morgan fingerprint density at radius 3 is 2.47 bits per heavy atom. The second kappa shape index (κ2) is 5.23. The van der Waals surface area contributed by atoms with Gasteiger partial charge in [-0.1, -0.05) is 18.2 Å². The summed E-state index contributed by atoms with van der Waals surface area (Å²) in [5, 5.41) is 0.275. The van der Waals surface area contributed by atoms with Crippen LogP contribution >= 0.6 is 11.8 Å². The lowest BCUT2D eigenvalue weighted by molar-refractivity contribution is 0.624. The van der Waals surface area contributed by atoms with Gasteiger partial charge in [0, 0.05) is 15.8 Å². The Morgan fingerprint density at radius 1 is 1.12 bits per heavy atom. The Bertz CT molecular complexity index is 496. The number of nitrogen functional groups attached to an aromatic ring is 1. The van der Waals surface area contributed by atoms with E-state index in [1.807, 2.05) is 30.3 Å². The Morgan fingerprint density at radius 2 is 1.82 bits per heavy atom. The quantitative estimate of drug-likeness (QED) is 0.647. The highest BCUT2D eigenvalue weighted by Gasteiger charge is 2.07. The minimum atomic E-state index is -0.195. The molecule has 0 amide bonds. The average Bonchev–Trinajstić information content (AvgIpc) is 2.29. The highest BCUT2D eigenvalue weighted by molar-refractivity contribution is 7.99. The summed E-state index contributed by atoms with van der Waals surface area (Å²) in [5.74, 6) is -0.195. The van der Waals surface area contributed by atoms with Crippen molar-refractivity contribution < 1.29 is 4.39 Å². The van der Waals surface area contributed by atoms with Gasteiger partial charge in [0.25, 0.3) is 0 Å². The molecule has 0 heterocycles. The average molecular weight is 247 g/mol. The van der Waals surface area contributed by atoms with E-state index in [2.05, 4.69) is 6.92 Å². The summed E-state index contributed by atoms with van der Waals surface area (Å²) in [5.41, 5.74) is 7.59. The van der Waals surface area contributed by atoms with Crippen LogP contribution in [0.4, 0.5) is 10.1 Å². The van der Waals surface area contributed by atoms with Crippen molar-refractivity contribution in [3.05, 3.63) is 59.9 Å². The number of halogens is 1. The number of benzene rings is 2. The van der Waals surface area contributed by atoms with E-state index in [1.165, 1.54) is 11.6 Å². The molecule has 0 aliphatic rings. The van der Waals surface area contributed by atoms with Crippen LogP contribution in [0, 0.1) is 5.82 Å². The SMILES string of the molecule is CC(Sc1cccc(F)c1)c1ccc(N)cc1. The Balaban J connectivity index is 2.11. The number of rotatable bonds is 3. The van der Waals surface area contributed by atoms with E-state index in [4.69, 9.17) is 5.73 Å². The number of nitrogens with two attached hydrogens (primary N) is 1. The lowest BCUT2D eigenvalue weighted by Crippen LogP contribution is -1.90. The second-order valence-electron chi connectivity index (χ2n) is 3.88. The van der Waals surface area contributed by atoms with Gasteiger partial charge in [0.05, 0.1) is 0 Å². The number of hydrogen-bond donors (Lipinski definition) is 1. The van der Waals surface area contributed by atoms with Gasteiger partial charge in [-0.2, -0.15) is 0 Å². The third-order valence-corrected chi connectivity index (χ3v) is 3.67. The van der Waals surface area contributed by atoms with Crippen molar-refractivity contribution in [3.63, 3.8) is 0 Å². The summed E-state index contributed by atoms with van der Waals surface area (Å²) in [6.07, 6.45) is 0. The molecule has 0 radical (unpaired) electrons. The van der Waals surface area contributed by atoms with Gasteiger partial charge in [-0.05, 0) is 42.8 Å². The molecule has 0 saturated carbocycles. The summed E-state index contributed by atoms with van der Waals surface area (Å²) in [6, 6.07) is 14.4. The van der Waals surface area contributed by atoms with E-state index in [9.17, 15) is 4.39 Å². The third kappa shape index (κ3) is 3.24. The standard InChI is InChI=1S/C14H14FNS/c1-10(11-5-7-13(16)8-6-11)17-14-4-2-3-12(15)9-14/h2-10H,16H2,1H3. The molecule has 0 saturated heterocycles. The highest BCUT2D eigenvalue weighted by Crippen LogP contribution is 2.34. The van der Waals surface area contributed by atoms with Gasteiger partial charge >= 0.3 is 0 Å². The van der Waals surface area contributed by atoms with Gasteiger partial charge in [-0.3, -0.25) is 0 Å². The normalized spacial score (nSPS) is 12.4. The fourth-order valence-corrected chi connectivity index (χ4v) is 2.62. The maximum Gasteiger partial charge on any atom is 0.124 e. The van der Waals surface area contributed by atoms with E-state index in [1.54, 1.807) is 23.9 Å². The zero-order valence-corrected chi connectivity index (χ0v) is 10.4. The molecular weight excluding hydrogens is 233 g/mol. The first-order valence-electron chi connectivity index (χ1n) is 5.43. The Hall–Kier alpha value is -1.48. The van der Waals surface area contributed by atoms with Crippen LogP contribution in [-0.4, -0.2) is 0 Å². The molecule has 0 spiro atoms. The van der Waals surface area contributed by atoms with Crippen molar-refractivity contribution >= 4 is 17.4 Å². The summed E-state index contributed by atoms with van der Waals surface area (Å²) < 4.78 is 13.0. The van der Waals surface area contributed by atoms with Crippen LogP contribution in [0.5, 0.6) is 0 Å². The van der Waals surface area contributed by atoms with Crippen LogP contribution in [0.15, 0.2) is 53.4 Å². The van der Waals surface area contributed by atoms with Crippen LogP contribution in [0.1, 0.15) is 17.7 Å². The minimum Gasteiger partial charge on any atom is -0.399 e. The topological polar surface area (TPSA) is 26.0 Å². The van der Waals surface area contributed by atoms with Gasteiger partial charge in [-0.25, -0.2) is 4.39 Å². The fourth-order valence-electron chi connectivity index (χ4n) is 1.58. The third-order valence-electron chi connectivity index (χ3n) is 2.51. The molecule has 1 unspecified atom stereocenters. The molecule has 2 aromatic rings. The van der Waals surface area contributed by atoms with Crippen LogP contribution in [0.3, 0.4) is 0 Å². The maximum absolute atomic E-state index is 13.0. The van der Waals surface area contributed by atoms with E-state index in [0.29, 0.717) is 0 Å². The lowest BCUT2D eigenvalue weighted by atomic mass is 10.1. The van der Waals surface area contributed by atoms with Crippen molar-refractivity contribution in [1.29, 1.82) is 0 Å². The summed E-state index contributed by atoms with van der Waals surface area (Å²) in [6.45, 7) is 2.10. The van der Waals surface area contributed by atoms with Crippen molar-refractivity contribution in [1.82, 2.24) is 0 Å². The van der Waals surface area contributed by atoms with Crippen LogP contribution in [0.2, 0.25) is 0 Å². The predicted molar refractivity (Wildman–Crippen MR) is 71.5 cm³/mol. The predicted octanol–water partition coefficient (Wildman–Crippen LogP) is 4.26. The molecule has 2 rings (SSSR count). The van der Waals surface area contributed by atoms with Gasteiger partial charge in [0.2, 0.25) is 0 Å². The number of anilines is 1. The maximum atomic E-state index is 13.0. The zero-order valence-electron chi connectivity index (χ0n) is 9.56. The van der Waals surface area contributed by atoms with Gasteiger partial charge in [-0.15, -0.1) is 11.8 Å². The minimum absolute atomic E-state index is 0.195. The first-order valence-corrected chi connectivity index (χ1v) is 6.31. The summed E-state index contributed by atoms with van der Waals surface area (Å²) >= 11 is 1.64. The fraction of sp³-hybridized carbons (Fsp3) is 0.143. The van der Waals surface area contributed by atoms with Crippen molar-refractivity contribution in [2.75, 3.05) is 5.73 Å². The first-order chi connectivity index (χ1) is 8.15. The molecule has 0 aliphatic heterocycles. The summed E-state index contributed by atoms with van der Waals surface area (Å²) in [7, 11) is 0. The molecule has 1 atom stereocenters. The Labute approximate surface area is 105 Å². The lowest BCUT2D eigenvalue weighted by Gasteiger charge is -2.11. The van der Waals surface area contributed by atoms with Crippen LogP contribution < -0.4 is 5.73 Å². The van der Waals surface area contributed by atoms with Crippen molar-refractivity contribution in [2.45, 2.75) is 17.1 Å². The molecule has 88 valence electrons. The molecule has 0 bridgehead atoms. The molecule has 2 N–H and O–H groups in total. The Kier molecular flexibility index (Phi) is 3.69. The van der Waals surface area contributed by atoms with E-state index < -0.39 is 0 Å². The molecule has 2 aromatic carbocycles. The van der Waals surface area contributed by atoms with Crippen LogP contribution in [-0.2, 0) is 0 Å². The van der Waals surface area contributed by atoms with Crippen molar-refractivity contribution in [2.24, 2.45) is 0 Å². The molecule has 0 aliphatic carbocycles. The largest absolute Gasteiger partial charge is 0.399 e. The van der Waals surface area contributed by atoms with Gasteiger partial charge < -0.3 is 5.73 Å². The number of thioether (sulfide) groups is 1. The highest BCUT2D eigenvalue weighted by atomic mass is 32.2. The second-order valence-corrected chi connectivity index (χ2v) is 5.30. The van der Waals surface area contributed by atoms with Crippen molar-refractivity contribution in [3.8, 4) is 0 Å². The molecule has 3 heteroatoms. The smallest absolute Gasteiger partial charge is 0.124 e. The van der Waals surface area contributed by atoms with Gasteiger partial charge in [0.15, 0.2) is 0 Å². The summed E-state index contributed by atoms with van der Waals surface area (Å²) in [4.78, 5) is 0.939. The molecule has 17 heavy (non-hydrogen) atoms. The van der Waals surface area contributed by atoms with E-state index in [0.717, 1.165) is 10.6 Å². The molecular formula is C14H14FNS.